The minimum absolute atomic E-state index is 0.0111. The third-order valence-electron chi connectivity index (χ3n) is 4.56. The van der Waals surface area contributed by atoms with Gasteiger partial charge < -0.3 is 4.90 Å². The Bertz CT molecular complexity index is 836. The molecule has 3 amide bonds. The zero-order chi connectivity index (χ0) is 19.4. The number of imide groups is 1. The molecule has 1 saturated heterocycles. The number of anilines is 1. The summed E-state index contributed by atoms with van der Waals surface area (Å²) in [6, 6.07) is 15.8. The van der Waals surface area contributed by atoms with E-state index in [9.17, 15) is 14.4 Å². The van der Waals surface area contributed by atoms with Crippen molar-refractivity contribution >= 4 is 39.3 Å². The standard InChI is InChI=1S/C21H21BrN2O3/c1-2-6-19(25)23(14-15-7-4-3-5-8-15)18-13-20(26)24(21(18)27)17-11-9-16(22)10-12-17/h3-5,7-12,18H,2,6,13-14H2,1H3. The van der Waals surface area contributed by atoms with Gasteiger partial charge in [0.25, 0.3) is 5.91 Å². The van der Waals surface area contributed by atoms with E-state index in [-0.39, 0.29) is 24.1 Å². The summed E-state index contributed by atoms with van der Waals surface area (Å²) < 4.78 is 0.866. The monoisotopic (exact) mass is 428 g/mol. The molecule has 2 aromatic rings. The smallest absolute Gasteiger partial charge is 0.257 e. The van der Waals surface area contributed by atoms with E-state index in [2.05, 4.69) is 15.9 Å². The highest BCUT2D eigenvalue weighted by Crippen LogP contribution is 2.28. The molecular weight excluding hydrogens is 408 g/mol. The Morgan fingerprint density at radius 2 is 1.78 bits per heavy atom. The lowest BCUT2D eigenvalue weighted by Crippen LogP contribution is -2.45. The summed E-state index contributed by atoms with van der Waals surface area (Å²) >= 11 is 3.35. The Labute approximate surface area is 167 Å². The van der Waals surface area contributed by atoms with Crippen LogP contribution in [0.2, 0.25) is 0 Å². The topological polar surface area (TPSA) is 57.7 Å². The molecule has 0 aliphatic carbocycles. The summed E-state index contributed by atoms with van der Waals surface area (Å²) in [5.74, 6) is -0.734. The second kappa shape index (κ2) is 8.48. The molecule has 1 aliphatic rings. The number of nitrogens with zero attached hydrogens (tertiary/aromatic N) is 2. The van der Waals surface area contributed by atoms with Crippen LogP contribution in [0.25, 0.3) is 0 Å². The van der Waals surface area contributed by atoms with Crippen LogP contribution in [0.4, 0.5) is 5.69 Å². The highest BCUT2D eigenvalue weighted by atomic mass is 79.9. The van der Waals surface area contributed by atoms with Gasteiger partial charge in [0, 0.05) is 17.4 Å². The van der Waals surface area contributed by atoms with E-state index in [1.54, 1.807) is 29.2 Å². The zero-order valence-electron chi connectivity index (χ0n) is 15.1. The van der Waals surface area contributed by atoms with Crippen molar-refractivity contribution in [2.75, 3.05) is 4.90 Å². The molecule has 0 spiro atoms. The molecule has 27 heavy (non-hydrogen) atoms. The van der Waals surface area contributed by atoms with Gasteiger partial charge in [0.2, 0.25) is 11.8 Å². The Kier molecular flexibility index (Phi) is 6.06. The lowest BCUT2D eigenvalue weighted by molar-refractivity contribution is -0.139. The number of benzene rings is 2. The molecule has 0 N–H and O–H groups in total. The Morgan fingerprint density at radius 1 is 1.11 bits per heavy atom. The second-order valence-electron chi connectivity index (χ2n) is 6.52. The first-order valence-electron chi connectivity index (χ1n) is 8.97. The van der Waals surface area contributed by atoms with Crippen molar-refractivity contribution < 1.29 is 14.4 Å². The number of carbonyl (C=O) groups is 3. The number of halogens is 1. The van der Waals surface area contributed by atoms with Gasteiger partial charge in [0.1, 0.15) is 6.04 Å². The van der Waals surface area contributed by atoms with Crippen molar-refractivity contribution in [1.82, 2.24) is 4.90 Å². The molecule has 1 heterocycles. The van der Waals surface area contributed by atoms with Gasteiger partial charge in [0.15, 0.2) is 0 Å². The van der Waals surface area contributed by atoms with Gasteiger partial charge in [-0.1, -0.05) is 53.2 Å². The maximum absolute atomic E-state index is 13.0. The summed E-state index contributed by atoms with van der Waals surface area (Å²) in [4.78, 5) is 41.1. The van der Waals surface area contributed by atoms with E-state index in [0.717, 1.165) is 10.0 Å². The molecule has 140 valence electrons. The minimum atomic E-state index is -0.764. The first-order chi connectivity index (χ1) is 13.0. The molecule has 2 aromatic carbocycles. The molecule has 0 aromatic heterocycles. The van der Waals surface area contributed by atoms with E-state index in [0.29, 0.717) is 25.1 Å². The van der Waals surface area contributed by atoms with Crippen molar-refractivity contribution in [1.29, 1.82) is 0 Å². The first kappa shape index (κ1) is 19.3. The third-order valence-corrected chi connectivity index (χ3v) is 5.09. The Balaban J connectivity index is 1.88. The molecule has 0 radical (unpaired) electrons. The highest BCUT2D eigenvalue weighted by Gasteiger charge is 2.44. The van der Waals surface area contributed by atoms with E-state index in [4.69, 9.17) is 0 Å². The fourth-order valence-corrected chi connectivity index (χ4v) is 3.49. The molecule has 5 nitrogen and oxygen atoms in total. The number of carbonyl (C=O) groups excluding carboxylic acids is 3. The van der Waals surface area contributed by atoms with Gasteiger partial charge in [-0.05, 0) is 36.2 Å². The van der Waals surface area contributed by atoms with E-state index in [1.807, 2.05) is 37.3 Å². The lowest BCUT2D eigenvalue weighted by Gasteiger charge is -2.28. The molecule has 0 saturated carbocycles. The van der Waals surface area contributed by atoms with Crippen LogP contribution in [0.5, 0.6) is 0 Å². The SMILES string of the molecule is CCCC(=O)N(Cc1ccccc1)C1CC(=O)N(c2ccc(Br)cc2)C1=O. The molecule has 3 rings (SSSR count). The van der Waals surface area contributed by atoms with Crippen LogP contribution in [-0.2, 0) is 20.9 Å². The number of hydrogen-bond donors (Lipinski definition) is 0. The third kappa shape index (κ3) is 4.27. The summed E-state index contributed by atoms with van der Waals surface area (Å²) in [6.45, 7) is 2.24. The van der Waals surface area contributed by atoms with E-state index in [1.165, 1.54) is 4.90 Å². The number of hydrogen-bond acceptors (Lipinski definition) is 3. The largest absolute Gasteiger partial charge is 0.326 e. The average molecular weight is 429 g/mol. The molecule has 1 fully saturated rings. The average Bonchev–Trinajstić information content (AvgIpc) is 2.96. The van der Waals surface area contributed by atoms with Gasteiger partial charge in [0.05, 0.1) is 12.1 Å². The Morgan fingerprint density at radius 3 is 2.41 bits per heavy atom. The number of rotatable bonds is 6. The van der Waals surface area contributed by atoms with Crippen LogP contribution in [-0.4, -0.2) is 28.7 Å². The summed E-state index contributed by atoms with van der Waals surface area (Å²) in [5, 5.41) is 0. The summed E-state index contributed by atoms with van der Waals surface area (Å²) in [7, 11) is 0. The maximum Gasteiger partial charge on any atom is 0.257 e. The molecular formula is C21H21BrN2O3. The fourth-order valence-electron chi connectivity index (χ4n) is 3.23. The minimum Gasteiger partial charge on any atom is -0.326 e. The van der Waals surface area contributed by atoms with Gasteiger partial charge in [-0.2, -0.15) is 0 Å². The van der Waals surface area contributed by atoms with Crippen molar-refractivity contribution in [2.45, 2.75) is 38.8 Å². The lowest BCUT2D eigenvalue weighted by atomic mass is 10.1. The molecule has 6 heteroatoms. The number of amides is 3. The van der Waals surface area contributed by atoms with Crippen LogP contribution < -0.4 is 4.90 Å². The molecule has 1 aliphatic heterocycles. The van der Waals surface area contributed by atoms with Crippen LogP contribution in [0.3, 0.4) is 0 Å². The zero-order valence-corrected chi connectivity index (χ0v) is 16.7. The quantitative estimate of drug-likeness (QED) is 0.655. The van der Waals surface area contributed by atoms with Crippen molar-refractivity contribution in [3.63, 3.8) is 0 Å². The van der Waals surface area contributed by atoms with Crippen molar-refractivity contribution in [2.24, 2.45) is 0 Å². The van der Waals surface area contributed by atoms with E-state index < -0.39 is 6.04 Å². The van der Waals surface area contributed by atoms with Gasteiger partial charge in [-0.25, -0.2) is 4.90 Å². The summed E-state index contributed by atoms with van der Waals surface area (Å²) in [6.07, 6.45) is 1.05. The van der Waals surface area contributed by atoms with Crippen LogP contribution in [0, 0.1) is 0 Å². The second-order valence-corrected chi connectivity index (χ2v) is 7.44. The molecule has 0 bridgehead atoms. The predicted molar refractivity (Wildman–Crippen MR) is 107 cm³/mol. The normalized spacial score (nSPS) is 16.7. The van der Waals surface area contributed by atoms with Crippen LogP contribution in [0.1, 0.15) is 31.7 Å². The van der Waals surface area contributed by atoms with Crippen LogP contribution >= 0.6 is 15.9 Å². The fraction of sp³-hybridized carbons (Fsp3) is 0.286. The highest BCUT2D eigenvalue weighted by molar-refractivity contribution is 9.10. The van der Waals surface area contributed by atoms with Crippen LogP contribution in [0.15, 0.2) is 59.1 Å². The molecule has 1 atom stereocenters. The van der Waals surface area contributed by atoms with Crippen molar-refractivity contribution in [3.05, 3.63) is 64.6 Å². The Hall–Kier alpha value is -2.47. The van der Waals surface area contributed by atoms with Gasteiger partial charge >= 0.3 is 0 Å². The van der Waals surface area contributed by atoms with E-state index >= 15 is 0 Å². The maximum atomic E-state index is 13.0. The molecule has 1 unspecified atom stereocenters. The first-order valence-corrected chi connectivity index (χ1v) is 9.76. The predicted octanol–water partition coefficient (Wildman–Crippen LogP) is 3.91. The van der Waals surface area contributed by atoms with Gasteiger partial charge in [-0.3, -0.25) is 14.4 Å². The van der Waals surface area contributed by atoms with Gasteiger partial charge in [-0.15, -0.1) is 0 Å². The van der Waals surface area contributed by atoms with Crippen molar-refractivity contribution in [3.8, 4) is 0 Å². The summed E-state index contributed by atoms with van der Waals surface area (Å²) in [5.41, 5.74) is 1.46.